The van der Waals surface area contributed by atoms with E-state index in [2.05, 4.69) is 26.8 Å². The molecule has 1 saturated carbocycles. The lowest BCUT2D eigenvalue weighted by Crippen LogP contribution is -2.12. The molecule has 29 heavy (non-hydrogen) atoms. The van der Waals surface area contributed by atoms with Gasteiger partial charge in [0.2, 0.25) is 0 Å². The third-order valence-electron chi connectivity index (χ3n) is 5.46. The van der Waals surface area contributed by atoms with E-state index in [1.54, 1.807) is 6.07 Å². The highest BCUT2D eigenvalue weighted by atomic mass is 32.2. The van der Waals surface area contributed by atoms with Crippen molar-refractivity contribution in [3.63, 3.8) is 0 Å². The van der Waals surface area contributed by atoms with Crippen molar-refractivity contribution in [3.8, 4) is 11.5 Å². The summed E-state index contributed by atoms with van der Waals surface area (Å²) in [5, 5.41) is 21.1. The SMILES string of the molecule is CCCCCc1cc(O)c(C/C=C(\C)CCC=C(C)C)c(O)c1S(=O)(=O)C1CC1. The molecule has 4 nitrogen and oxygen atoms in total. The average molecular weight is 421 g/mol. The number of hydrogen-bond donors (Lipinski definition) is 2. The van der Waals surface area contributed by atoms with Crippen molar-refractivity contribution < 1.29 is 18.6 Å². The molecule has 1 aliphatic rings. The Morgan fingerprint density at radius 1 is 1.14 bits per heavy atom. The smallest absolute Gasteiger partial charge is 0.185 e. The van der Waals surface area contributed by atoms with Crippen LogP contribution in [0.2, 0.25) is 0 Å². The van der Waals surface area contributed by atoms with Crippen LogP contribution in [0.15, 0.2) is 34.3 Å². The Bertz CT molecular complexity index is 871. The van der Waals surface area contributed by atoms with Gasteiger partial charge in [-0.25, -0.2) is 8.42 Å². The minimum Gasteiger partial charge on any atom is -0.508 e. The molecule has 0 spiro atoms. The third kappa shape index (κ3) is 6.36. The molecule has 0 saturated heterocycles. The van der Waals surface area contributed by atoms with Crippen LogP contribution < -0.4 is 0 Å². The molecular formula is C24H36O4S. The fraction of sp³-hybridized carbons (Fsp3) is 0.583. The van der Waals surface area contributed by atoms with Crippen LogP contribution in [0, 0.1) is 0 Å². The normalized spacial score (nSPS) is 14.8. The average Bonchev–Trinajstić information content (AvgIpc) is 3.46. The number of unbranched alkanes of at least 4 members (excludes halogenated alkanes) is 2. The topological polar surface area (TPSA) is 74.6 Å². The van der Waals surface area contributed by atoms with E-state index in [9.17, 15) is 18.6 Å². The summed E-state index contributed by atoms with van der Waals surface area (Å²) in [7, 11) is -3.56. The lowest BCUT2D eigenvalue weighted by molar-refractivity contribution is 0.427. The Morgan fingerprint density at radius 3 is 2.41 bits per heavy atom. The van der Waals surface area contributed by atoms with Crippen LogP contribution in [0.1, 0.15) is 83.8 Å². The van der Waals surface area contributed by atoms with Crippen molar-refractivity contribution in [2.24, 2.45) is 0 Å². The second-order valence-electron chi connectivity index (χ2n) is 8.49. The van der Waals surface area contributed by atoms with E-state index in [-0.39, 0.29) is 16.4 Å². The summed E-state index contributed by atoms with van der Waals surface area (Å²) >= 11 is 0. The third-order valence-corrected chi connectivity index (χ3v) is 7.83. The molecule has 1 aromatic carbocycles. The van der Waals surface area contributed by atoms with Crippen LogP contribution >= 0.6 is 0 Å². The summed E-state index contributed by atoms with van der Waals surface area (Å²) in [4.78, 5) is 0.0551. The zero-order chi connectivity index (χ0) is 21.6. The monoisotopic (exact) mass is 420 g/mol. The first-order valence-corrected chi connectivity index (χ1v) is 12.3. The molecule has 0 unspecified atom stereocenters. The summed E-state index contributed by atoms with van der Waals surface area (Å²) in [6.45, 7) is 8.25. The van der Waals surface area contributed by atoms with Crippen LogP contribution in [-0.4, -0.2) is 23.9 Å². The summed E-state index contributed by atoms with van der Waals surface area (Å²) in [6, 6.07) is 1.56. The predicted molar refractivity (Wildman–Crippen MR) is 119 cm³/mol. The van der Waals surface area contributed by atoms with Gasteiger partial charge in [0.05, 0.1) is 5.25 Å². The summed E-state index contributed by atoms with van der Waals surface area (Å²) in [6.07, 6.45) is 11.0. The van der Waals surface area contributed by atoms with Gasteiger partial charge < -0.3 is 10.2 Å². The second-order valence-corrected chi connectivity index (χ2v) is 10.7. The van der Waals surface area contributed by atoms with Crippen molar-refractivity contribution in [1.29, 1.82) is 0 Å². The maximum absolute atomic E-state index is 13.0. The zero-order valence-corrected chi connectivity index (χ0v) is 19.1. The molecule has 0 aromatic heterocycles. The van der Waals surface area contributed by atoms with Gasteiger partial charge in [-0.2, -0.15) is 0 Å². The number of aryl methyl sites for hydroxylation is 1. The molecule has 1 aromatic rings. The van der Waals surface area contributed by atoms with Crippen LogP contribution in [0.25, 0.3) is 0 Å². The fourth-order valence-electron chi connectivity index (χ4n) is 3.51. The second kappa shape index (κ2) is 10.3. The van der Waals surface area contributed by atoms with Gasteiger partial charge in [-0.05, 0) is 77.3 Å². The standard InChI is InChI=1S/C24H36O4S/c1-5-6-7-11-19-16-22(25)21(15-12-18(4)10-8-9-17(2)3)23(26)24(19)29(27,28)20-13-14-20/h9,12,16,20,25-26H,5-8,10-11,13-15H2,1-4H3/b18-12+. The van der Waals surface area contributed by atoms with E-state index >= 15 is 0 Å². The first-order chi connectivity index (χ1) is 13.7. The van der Waals surface area contributed by atoms with Crippen LogP contribution in [0.5, 0.6) is 11.5 Å². The highest BCUT2D eigenvalue weighted by Crippen LogP contribution is 2.43. The van der Waals surface area contributed by atoms with Gasteiger partial charge in [0.1, 0.15) is 16.4 Å². The fourth-order valence-corrected chi connectivity index (χ4v) is 5.52. The Balaban J connectivity index is 2.34. The number of allylic oxidation sites excluding steroid dienone is 4. The van der Waals surface area contributed by atoms with Crippen molar-refractivity contribution in [2.75, 3.05) is 0 Å². The van der Waals surface area contributed by atoms with Crippen LogP contribution in [0.3, 0.4) is 0 Å². The number of benzene rings is 1. The molecule has 0 heterocycles. The number of phenolic OH excluding ortho intramolecular Hbond substituents is 2. The Morgan fingerprint density at radius 2 is 1.83 bits per heavy atom. The van der Waals surface area contributed by atoms with E-state index in [0.29, 0.717) is 36.8 Å². The molecule has 5 heteroatoms. The van der Waals surface area contributed by atoms with Gasteiger partial charge >= 0.3 is 0 Å². The minimum atomic E-state index is -3.56. The van der Waals surface area contributed by atoms with Crippen LogP contribution in [-0.2, 0) is 22.7 Å². The molecule has 0 aliphatic heterocycles. The van der Waals surface area contributed by atoms with Gasteiger partial charge in [-0.15, -0.1) is 0 Å². The lowest BCUT2D eigenvalue weighted by Gasteiger charge is -2.16. The Hall–Kier alpha value is -1.75. The Labute approximate surface area is 176 Å². The van der Waals surface area contributed by atoms with Crippen molar-refractivity contribution in [1.82, 2.24) is 0 Å². The summed E-state index contributed by atoms with van der Waals surface area (Å²) in [5.74, 6) is -0.270. The molecule has 2 N–H and O–H groups in total. The minimum absolute atomic E-state index is 0.0166. The largest absolute Gasteiger partial charge is 0.508 e. The van der Waals surface area contributed by atoms with Crippen molar-refractivity contribution in [3.05, 3.63) is 40.5 Å². The molecule has 1 aliphatic carbocycles. The molecule has 2 rings (SSSR count). The number of rotatable bonds is 11. The number of phenols is 2. The van der Waals surface area contributed by atoms with E-state index in [1.165, 1.54) is 5.57 Å². The molecule has 0 amide bonds. The van der Waals surface area contributed by atoms with E-state index in [0.717, 1.165) is 37.7 Å². The predicted octanol–water partition coefficient (Wildman–Crippen LogP) is 6.00. The molecule has 1 fully saturated rings. The van der Waals surface area contributed by atoms with E-state index in [4.69, 9.17) is 0 Å². The van der Waals surface area contributed by atoms with Gasteiger partial charge in [0.15, 0.2) is 9.84 Å². The van der Waals surface area contributed by atoms with Crippen LogP contribution in [0.4, 0.5) is 0 Å². The van der Waals surface area contributed by atoms with E-state index < -0.39 is 15.1 Å². The molecule has 0 atom stereocenters. The highest BCUT2D eigenvalue weighted by molar-refractivity contribution is 7.92. The molecule has 162 valence electrons. The molecule has 0 bridgehead atoms. The van der Waals surface area contributed by atoms with Crippen molar-refractivity contribution in [2.45, 2.75) is 95.6 Å². The lowest BCUT2D eigenvalue weighted by atomic mass is 10.00. The number of sulfone groups is 1. The Kier molecular flexibility index (Phi) is 8.38. The molecule has 0 radical (unpaired) electrons. The zero-order valence-electron chi connectivity index (χ0n) is 18.3. The van der Waals surface area contributed by atoms with Gasteiger partial charge in [0, 0.05) is 5.56 Å². The summed E-state index contributed by atoms with van der Waals surface area (Å²) < 4.78 is 26.0. The van der Waals surface area contributed by atoms with Gasteiger partial charge in [0.25, 0.3) is 0 Å². The number of hydrogen-bond acceptors (Lipinski definition) is 4. The maximum atomic E-state index is 13.0. The quantitative estimate of drug-likeness (QED) is 0.340. The maximum Gasteiger partial charge on any atom is 0.185 e. The first kappa shape index (κ1) is 23.5. The number of aromatic hydroxyl groups is 2. The highest BCUT2D eigenvalue weighted by Gasteiger charge is 2.40. The summed E-state index contributed by atoms with van der Waals surface area (Å²) in [5.41, 5.74) is 3.29. The van der Waals surface area contributed by atoms with Gasteiger partial charge in [-0.3, -0.25) is 0 Å². The van der Waals surface area contributed by atoms with Gasteiger partial charge in [-0.1, -0.05) is 43.1 Å². The molecular weight excluding hydrogens is 384 g/mol. The first-order valence-electron chi connectivity index (χ1n) is 10.8. The van der Waals surface area contributed by atoms with Crippen molar-refractivity contribution >= 4 is 9.84 Å². The van der Waals surface area contributed by atoms with E-state index in [1.807, 2.05) is 13.0 Å².